The van der Waals surface area contributed by atoms with Crippen molar-refractivity contribution < 1.29 is 13.5 Å². The molecule has 5 heteroatoms. The lowest BCUT2D eigenvalue weighted by Gasteiger charge is -2.16. The third-order valence-corrected chi connectivity index (χ3v) is 4.59. The lowest BCUT2D eigenvalue weighted by atomic mass is 10.0. The van der Waals surface area contributed by atoms with Crippen molar-refractivity contribution in [3.63, 3.8) is 0 Å². The van der Waals surface area contributed by atoms with E-state index in [0.29, 0.717) is 0 Å². The summed E-state index contributed by atoms with van der Waals surface area (Å²) in [6.45, 7) is 6.35. The molecule has 0 saturated heterocycles. The number of phenolic OH excluding ortho intramolecular Hbond substituents is 1. The van der Waals surface area contributed by atoms with Gasteiger partial charge in [0, 0.05) is 25.9 Å². The highest BCUT2D eigenvalue weighted by Crippen LogP contribution is 2.28. The average molecular weight is 281 g/mol. The lowest BCUT2D eigenvalue weighted by molar-refractivity contribution is 0.318. The summed E-state index contributed by atoms with van der Waals surface area (Å²) in [5, 5.41) is 9.85. The fraction of sp³-hybridized carbons (Fsp3) is 0.429. The Balaban J connectivity index is 2.35. The predicted octanol–water partition coefficient (Wildman–Crippen LogP) is 1.38. The van der Waals surface area contributed by atoms with E-state index in [1.807, 2.05) is 6.08 Å². The van der Waals surface area contributed by atoms with Gasteiger partial charge >= 0.3 is 0 Å². The van der Waals surface area contributed by atoms with Gasteiger partial charge in [0.2, 0.25) is 0 Å². The lowest BCUT2D eigenvalue weighted by Crippen LogP contribution is -2.26. The van der Waals surface area contributed by atoms with E-state index in [4.69, 9.17) is 0 Å². The van der Waals surface area contributed by atoms with Crippen molar-refractivity contribution in [2.24, 2.45) is 0 Å². The highest BCUT2D eigenvalue weighted by molar-refractivity contribution is 7.90. The van der Waals surface area contributed by atoms with Crippen molar-refractivity contribution in [2.75, 3.05) is 25.9 Å². The van der Waals surface area contributed by atoms with E-state index in [2.05, 4.69) is 11.5 Å². The van der Waals surface area contributed by atoms with Crippen LogP contribution in [0, 0.1) is 0 Å². The van der Waals surface area contributed by atoms with Crippen LogP contribution in [-0.4, -0.2) is 44.3 Å². The molecule has 1 aliphatic rings. The van der Waals surface area contributed by atoms with Gasteiger partial charge in [0.15, 0.2) is 9.84 Å². The molecule has 0 radical (unpaired) electrons. The summed E-state index contributed by atoms with van der Waals surface area (Å²) in [6.07, 6.45) is 4.61. The van der Waals surface area contributed by atoms with Gasteiger partial charge in [0.1, 0.15) is 10.6 Å². The molecular formula is C14H19NO3S. The number of phenols is 1. The summed E-state index contributed by atoms with van der Waals surface area (Å²) in [4.78, 5) is 2.30. The van der Waals surface area contributed by atoms with Gasteiger partial charge in [-0.15, -0.1) is 6.58 Å². The number of hydrogen-bond donors (Lipinski definition) is 1. The van der Waals surface area contributed by atoms with Crippen LogP contribution < -0.4 is 0 Å². The normalized spacial score (nSPS) is 16.7. The summed E-state index contributed by atoms with van der Waals surface area (Å²) in [5.41, 5.74) is 2.06. The molecule has 0 bridgehead atoms. The molecule has 0 spiro atoms. The molecular weight excluding hydrogens is 262 g/mol. The van der Waals surface area contributed by atoms with Crippen LogP contribution in [0.15, 0.2) is 29.7 Å². The van der Waals surface area contributed by atoms with Crippen molar-refractivity contribution in [1.29, 1.82) is 0 Å². The maximum absolute atomic E-state index is 11.6. The Kier molecular flexibility index (Phi) is 3.96. The molecule has 0 unspecified atom stereocenters. The van der Waals surface area contributed by atoms with Crippen LogP contribution in [0.25, 0.3) is 0 Å². The molecule has 2 rings (SSSR count). The highest BCUT2D eigenvalue weighted by Gasteiger charge is 2.19. The summed E-state index contributed by atoms with van der Waals surface area (Å²) in [6, 6.07) is 3.22. The molecule has 1 aromatic rings. The minimum absolute atomic E-state index is 0.0309. The number of sulfone groups is 1. The van der Waals surface area contributed by atoms with Crippen LogP contribution in [0.2, 0.25) is 0 Å². The van der Waals surface area contributed by atoms with E-state index in [1.165, 1.54) is 0 Å². The number of hydrogen-bond acceptors (Lipinski definition) is 4. The second-order valence-electron chi connectivity index (χ2n) is 4.95. The average Bonchev–Trinajstić information content (AvgIpc) is 2.50. The van der Waals surface area contributed by atoms with Crippen LogP contribution >= 0.6 is 0 Å². The monoisotopic (exact) mass is 281 g/mol. The fourth-order valence-electron chi connectivity index (χ4n) is 2.45. The van der Waals surface area contributed by atoms with Crippen LogP contribution in [0.1, 0.15) is 11.1 Å². The Morgan fingerprint density at radius 1 is 1.32 bits per heavy atom. The maximum atomic E-state index is 11.6. The first-order valence-electron chi connectivity index (χ1n) is 6.30. The third kappa shape index (κ3) is 3.16. The van der Waals surface area contributed by atoms with E-state index < -0.39 is 9.84 Å². The summed E-state index contributed by atoms with van der Waals surface area (Å²) >= 11 is 0. The van der Waals surface area contributed by atoms with Crippen molar-refractivity contribution in [3.05, 3.63) is 35.9 Å². The minimum atomic E-state index is -3.38. The largest absolute Gasteiger partial charge is 0.507 e. The van der Waals surface area contributed by atoms with E-state index in [1.54, 1.807) is 12.1 Å². The molecule has 0 aromatic heterocycles. The molecule has 4 nitrogen and oxygen atoms in total. The van der Waals surface area contributed by atoms with Crippen LogP contribution in [0.5, 0.6) is 5.75 Å². The van der Waals surface area contributed by atoms with Crippen LogP contribution in [-0.2, 0) is 22.7 Å². The topological polar surface area (TPSA) is 57.6 Å². The zero-order valence-electron chi connectivity index (χ0n) is 11.1. The fourth-order valence-corrected chi connectivity index (χ4v) is 3.25. The third-order valence-electron chi connectivity index (χ3n) is 3.46. The zero-order valence-corrected chi connectivity index (χ0v) is 11.9. The molecule has 1 aliphatic heterocycles. The molecule has 1 N–H and O–H groups in total. The van der Waals surface area contributed by atoms with Gasteiger partial charge in [-0.25, -0.2) is 8.42 Å². The molecule has 19 heavy (non-hydrogen) atoms. The van der Waals surface area contributed by atoms with E-state index in [0.717, 1.165) is 49.9 Å². The predicted molar refractivity (Wildman–Crippen MR) is 75.3 cm³/mol. The number of benzene rings is 1. The number of fused-ring (bicyclic) bond motifs is 1. The molecule has 104 valence electrons. The molecule has 0 fully saturated rings. The second-order valence-corrected chi connectivity index (χ2v) is 6.93. The number of rotatable bonds is 3. The number of nitrogens with zero attached hydrogens (tertiary/aromatic N) is 1. The van der Waals surface area contributed by atoms with E-state index in [-0.39, 0.29) is 10.6 Å². The number of aromatic hydroxyl groups is 1. The van der Waals surface area contributed by atoms with Crippen molar-refractivity contribution in [3.8, 4) is 5.75 Å². The Morgan fingerprint density at radius 3 is 2.42 bits per heavy atom. The minimum Gasteiger partial charge on any atom is -0.507 e. The van der Waals surface area contributed by atoms with Crippen molar-refractivity contribution in [1.82, 2.24) is 4.90 Å². The van der Waals surface area contributed by atoms with E-state index >= 15 is 0 Å². The van der Waals surface area contributed by atoms with Gasteiger partial charge in [-0.2, -0.15) is 0 Å². The highest BCUT2D eigenvalue weighted by atomic mass is 32.2. The van der Waals surface area contributed by atoms with Gasteiger partial charge in [-0.1, -0.05) is 6.08 Å². The summed E-state index contributed by atoms with van der Waals surface area (Å²) in [5.74, 6) is -0.140. The Labute approximate surface area is 114 Å². The Morgan fingerprint density at radius 2 is 1.89 bits per heavy atom. The first kappa shape index (κ1) is 14.1. The van der Waals surface area contributed by atoms with Crippen LogP contribution in [0.3, 0.4) is 0 Å². The van der Waals surface area contributed by atoms with E-state index in [9.17, 15) is 13.5 Å². The standard InChI is InChI=1S/C14H19NO3S/c1-3-6-15-7-4-11-9-13(16)14(19(2,17)18)10-12(11)5-8-15/h3,9-10,16H,1,4-8H2,2H3. The Hall–Kier alpha value is -1.33. The first-order valence-corrected chi connectivity index (χ1v) is 8.19. The SMILES string of the molecule is C=CCN1CCc2cc(O)c(S(C)(=O)=O)cc2CC1. The molecule has 1 aromatic carbocycles. The zero-order chi connectivity index (χ0) is 14.0. The molecule has 0 aliphatic carbocycles. The molecule has 1 heterocycles. The second kappa shape index (κ2) is 5.35. The van der Waals surface area contributed by atoms with Gasteiger partial charge in [0.25, 0.3) is 0 Å². The molecule has 0 atom stereocenters. The summed E-state index contributed by atoms with van der Waals surface area (Å²) < 4.78 is 23.2. The van der Waals surface area contributed by atoms with Gasteiger partial charge in [-0.05, 0) is 36.1 Å². The van der Waals surface area contributed by atoms with Crippen molar-refractivity contribution in [2.45, 2.75) is 17.7 Å². The quantitative estimate of drug-likeness (QED) is 0.851. The van der Waals surface area contributed by atoms with Gasteiger partial charge < -0.3 is 5.11 Å². The van der Waals surface area contributed by atoms with Crippen LogP contribution in [0.4, 0.5) is 0 Å². The van der Waals surface area contributed by atoms with Crippen molar-refractivity contribution >= 4 is 9.84 Å². The maximum Gasteiger partial charge on any atom is 0.179 e. The van der Waals surface area contributed by atoms with Gasteiger partial charge in [0.05, 0.1) is 0 Å². The summed E-state index contributed by atoms with van der Waals surface area (Å²) in [7, 11) is -3.38. The first-order chi connectivity index (χ1) is 8.91. The molecule has 0 amide bonds. The van der Waals surface area contributed by atoms with Gasteiger partial charge in [-0.3, -0.25) is 4.90 Å². The smallest absolute Gasteiger partial charge is 0.179 e. The Bertz CT molecular complexity index is 593. The molecule has 0 saturated carbocycles.